The maximum Gasteiger partial charge on any atom is 0.154 e. The van der Waals surface area contributed by atoms with Crippen molar-refractivity contribution in [3.8, 4) is 11.3 Å². The van der Waals surface area contributed by atoms with Crippen LogP contribution in [-0.2, 0) is 4.74 Å². The zero-order valence-electron chi connectivity index (χ0n) is 12.7. The van der Waals surface area contributed by atoms with Crippen LogP contribution in [0.1, 0.15) is 0 Å². The number of pyridine rings is 1. The Morgan fingerprint density at radius 1 is 1.39 bits per heavy atom. The molecular formula is C15H19N7O. The van der Waals surface area contributed by atoms with Crippen molar-refractivity contribution in [1.29, 1.82) is 0 Å². The molecule has 0 radical (unpaired) electrons. The number of nitrogens with one attached hydrogen (secondary N) is 3. The molecule has 8 nitrogen and oxygen atoms in total. The quantitative estimate of drug-likeness (QED) is 0.702. The predicted octanol–water partition coefficient (Wildman–Crippen LogP) is 1.54. The first kappa shape index (κ1) is 15.3. The summed E-state index contributed by atoms with van der Waals surface area (Å²) < 4.78 is 5.68. The first-order valence-electron chi connectivity index (χ1n) is 7.35. The molecule has 1 saturated heterocycles. The minimum Gasteiger partial charge on any atom is -0.374 e. The second kappa shape index (κ2) is 7.12. The Bertz CT molecular complexity index is 677. The highest BCUT2D eigenvalue weighted by Gasteiger charge is 2.16. The number of aliphatic imine (C=N–C) groups is 2. The molecule has 0 spiro atoms. The number of rotatable bonds is 6. The average molecular weight is 313 g/mol. The Morgan fingerprint density at radius 2 is 2.30 bits per heavy atom. The van der Waals surface area contributed by atoms with Gasteiger partial charge in [0.15, 0.2) is 5.82 Å². The van der Waals surface area contributed by atoms with Crippen molar-refractivity contribution in [2.24, 2.45) is 9.98 Å². The van der Waals surface area contributed by atoms with Crippen LogP contribution in [0.25, 0.3) is 11.3 Å². The number of ether oxygens (including phenoxy) is 1. The van der Waals surface area contributed by atoms with Crippen molar-refractivity contribution in [2.75, 3.05) is 31.6 Å². The van der Waals surface area contributed by atoms with Crippen molar-refractivity contribution < 1.29 is 4.74 Å². The molecule has 3 heterocycles. The second-order valence-corrected chi connectivity index (χ2v) is 5.10. The number of anilines is 1. The molecule has 0 bridgehead atoms. The van der Waals surface area contributed by atoms with Gasteiger partial charge in [0, 0.05) is 31.4 Å². The number of aromatic nitrogens is 3. The summed E-state index contributed by atoms with van der Waals surface area (Å²) in [5, 5.41) is 13.3. The van der Waals surface area contributed by atoms with Gasteiger partial charge in [-0.2, -0.15) is 5.10 Å². The molecule has 3 N–H and O–H groups in total. The highest BCUT2D eigenvalue weighted by Crippen LogP contribution is 2.37. The topological polar surface area (TPSA) is 99.6 Å². The summed E-state index contributed by atoms with van der Waals surface area (Å²) in [6, 6.07) is 1.81. The molecule has 1 aliphatic heterocycles. The first-order chi connectivity index (χ1) is 11.3. The lowest BCUT2D eigenvalue weighted by molar-refractivity contribution is 0.0372. The van der Waals surface area contributed by atoms with Crippen LogP contribution < -0.4 is 10.6 Å². The largest absolute Gasteiger partial charge is 0.374 e. The fourth-order valence-corrected chi connectivity index (χ4v) is 2.42. The Kier molecular flexibility index (Phi) is 4.74. The first-order valence-corrected chi connectivity index (χ1v) is 7.35. The van der Waals surface area contributed by atoms with Crippen molar-refractivity contribution >= 4 is 30.6 Å². The number of H-pyrrole nitrogens is 1. The van der Waals surface area contributed by atoms with Crippen LogP contribution in [0.2, 0.25) is 0 Å². The molecule has 8 heteroatoms. The Balaban J connectivity index is 1.88. The van der Waals surface area contributed by atoms with Gasteiger partial charge < -0.3 is 15.4 Å². The number of nitrogens with zero attached hydrogens (tertiary/aromatic N) is 4. The summed E-state index contributed by atoms with van der Waals surface area (Å²) in [6.45, 7) is 10.2. The smallest absolute Gasteiger partial charge is 0.154 e. The SMILES string of the molecule is C=Nc1cc(-c2cn[nH]c2)nc(NCC2CNCCO2)c1N=C. The van der Waals surface area contributed by atoms with Gasteiger partial charge >= 0.3 is 0 Å². The van der Waals surface area contributed by atoms with E-state index in [0.29, 0.717) is 30.3 Å². The molecule has 0 saturated carbocycles. The van der Waals surface area contributed by atoms with Gasteiger partial charge in [-0.25, -0.2) is 4.98 Å². The van der Waals surface area contributed by atoms with Gasteiger partial charge in [-0.3, -0.25) is 15.1 Å². The lowest BCUT2D eigenvalue weighted by Gasteiger charge is -2.24. The van der Waals surface area contributed by atoms with Crippen LogP contribution in [0.3, 0.4) is 0 Å². The number of hydrogen-bond donors (Lipinski definition) is 3. The van der Waals surface area contributed by atoms with E-state index in [-0.39, 0.29) is 6.10 Å². The van der Waals surface area contributed by atoms with Gasteiger partial charge in [0.2, 0.25) is 0 Å². The molecule has 0 aromatic carbocycles. The zero-order valence-corrected chi connectivity index (χ0v) is 12.7. The second-order valence-electron chi connectivity index (χ2n) is 5.10. The summed E-state index contributed by atoms with van der Waals surface area (Å²) >= 11 is 0. The molecule has 0 amide bonds. The monoisotopic (exact) mass is 313 g/mol. The standard InChI is InChI=1S/C15H19N7O/c1-16-13-5-12(10-6-20-21-7-10)22-15(14(13)17-2)19-9-11-8-18-3-4-23-11/h5-7,11,18H,1-4,8-9H2,(H,19,22)(H,20,21). The van der Waals surface area contributed by atoms with Crippen LogP contribution in [0.5, 0.6) is 0 Å². The predicted molar refractivity (Wildman–Crippen MR) is 91.3 cm³/mol. The normalized spacial score (nSPS) is 17.7. The minimum atomic E-state index is 0.0842. The molecule has 1 aliphatic rings. The van der Waals surface area contributed by atoms with Gasteiger partial charge in [0.1, 0.15) is 5.69 Å². The van der Waals surface area contributed by atoms with Crippen molar-refractivity contribution in [1.82, 2.24) is 20.5 Å². The molecule has 1 atom stereocenters. The van der Waals surface area contributed by atoms with Crippen molar-refractivity contribution in [2.45, 2.75) is 6.10 Å². The van der Waals surface area contributed by atoms with Gasteiger partial charge in [0.25, 0.3) is 0 Å². The van der Waals surface area contributed by atoms with Crippen LogP contribution >= 0.6 is 0 Å². The summed E-state index contributed by atoms with van der Waals surface area (Å²) in [6.07, 6.45) is 3.56. The third-order valence-corrected chi connectivity index (χ3v) is 3.60. The van der Waals surface area contributed by atoms with E-state index < -0.39 is 0 Å². The summed E-state index contributed by atoms with van der Waals surface area (Å²) in [7, 11) is 0. The minimum absolute atomic E-state index is 0.0842. The Labute approximate surface area is 134 Å². The lowest BCUT2D eigenvalue weighted by Crippen LogP contribution is -2.42. The summed E-state index contributed by atoms with van der Waals surface area (Å²) in [5.41, 5.74) is 2.80. The molecule has 1 unspecified atom stereocenters. The van der Waals surface area contributed by atoms with E-state index in [1.807, 2.05) is 6.07 Å². The van der Waals surface area contributed by atoms with E-state index in [1.54, 1.807) is 12.4 Å². The molecule has 23 heavy (non-hydrogen) atoms. The van der Waals surface area contributed by atoms with Crippen LogP contribution in [-0.4, -0.2) is 61.0 Å². The van der Waals surface area contributed by atoms with E-state index in [1.165, 1.54) is 0 Å². The lowest BCUT2D eigenvalue weighted by atomic mass is 10.2. The van der Waals surface area contributed by atoms with Gasteiger partial charge in [-0.1, -0.05) is 0 Å². The Morgan fingerprint density at radius 3 is 2.96 bits per heavy atom. The average Bonchev–Trinajstić information content (AvgIpc) is 3.14. The summed E-state index contributed by atoms with van der Waals surface area (Å²) in [5.74, 6) is 0.607. The number of morpholine rings is 1. The molecule has 120 valence electrons. The molecule has 2 aromatic heterocycles. The van der Waals surface area contributed by atoms with Gasteiger partial charge in [-0.15, -0.1) is 0 Å². The number of aromatic amines is 1. The van der Waals surface area contributed by atoms with Gasteiger partial charge in [0.05, 0.1) is 30.3 Å². The maximum atomic E-state index is 5.68. The third-order valence-electron chi connectivity index (χ3n) is 3.60. The maximum absolute atomic E-state index is 5.68. The third kappa shape index (κ3) is 3.43. The Hall–Kier alpha value is -2.58. The van der Waals surface area contributed by atoms with E-state index in [0.717, 1.165) is 24.3 Å². The van der Waals surface area contributed by atoms with E-state index in [2.05, 4.69) is 49.2 Å². The van der Waals surface area contributed by atoms with Crippen molar-refractivity contribution in [3.05, 3.63) is 18.5 Å². The van der Waals surface area contributed by atoms with Crippen LogP contribution in [0.15, 0.2) is 28.4 Å². The zero-order chi connectivity index (χ0) is 16.1. The molecule has 2 aromatic rings. The fraction of sp³-hybridized carbons (Fsp3) is 0.333. The fourth-order valence-electron chi connectivity index (χ4n) is 2.42. The van der Waals surface area contributed by atoms with E-state index in [9.17, 15) is 0 Å². The summed E-state index contributed by atoms with van der Waals surface area (Å²) in [4.78, 5) is 12.7. The van der Waals surface area contributed by atoms with Crippen LogP contribution in [0.4, 0.5) is 17.2 Å². The van der Waals surface area contributed by atoms with Crippen molar-refractivity contribution in [3.63, 3.8) is 0 Å². The van der Waals surface area contributed by atoms with Crippen LogP contribution in [0, 0.1) is 0 Å². The van der Waals surface area contributed by atoms with E-state index in [4.69, 9.17) is 4.74 Å². The highest BCUT2D eigenvalue weighted by molar-refractivity contribution is 5.82. The number of hydrogen-bond acceptors (Lipinski definition) is 7. The molecular weight excluding hydrogens is 294 g/mol. The molecule has 3 rings (SSSR count). The molecule has 1 fully saturated rings. The molecule has 0 aliphatic carbocycles. The van der Waals surface area contributed by atoms with E-state index >= 15 is 0 Å². The van der Waals surface area contributed by atoms with Gasteiger partial charge in [-0.05, 0) is 19.5 Å². The highest BCUT2D eigenvalue weighted by atomic mass is 16.5.